The van der Waals surface area contributed by atoms with Crippen LogP contribution in [0, 0.1) is 0 Å². The SMILES string of the molecule is Clc1cc(Br)cc2c1sc1ccccc12. The Kier molecular flexibility index (Phi) is 2.23. The van der Waals surface area contributed by atoms with Crippen molar-refractivity contribution >= 4 is 59.0 Å². The van der Waals surface area contributed by atoms with E-state index in [4.69, 9.17) is 11.6 Å². The monoisotopic (exact) mass is 296 g/mol. The Balaban J connectivity index is 2.61. The maximum absolute atomic E-state index is 6.21. The number of thiophene rings is 1. The zero-order valence-corrected chi connectivity index (χ0v) is 10.8. The minimum atomic E-state index is 0.820. The molecule has 0 fully saturated rings. The first-order valence-corrected chi connectivity index (χ1v) is 6.51. The highest BCUT2D eigenvalue weighted by molar-refractivity contribution is 9.10. The van der Waals surface area contributed by atoms with E-state index < -0.39 is 0 Å². The van der Waals surface area contributed by atoms with Gasteiger partial charge in [0, 0.05) is 19.9 Å². The molecule has 0 aliphatic carbocycles. The van der Waals surface area contributed by atoms with Gasteiger partial charge in [0.1, 0.15) is 0 Å². The van der Waals surface area contributed by atoms with E-state index in [-0.39, 0.29) is 0 Å². The van der Waals surface area contributed by atoms with Crippen LogP contribution >= 0.6 is 38.9 Å². The number of benzene rings is 2. The molecule has 1 heterocycles. The average Bonchev–Trinajstić information content (AvgIpc) is 2.57. The fraction of sp³-hybridized carbons (Fsp3) is 0. The predicted molar refractivity (Wildman–Crippen MR) is 72.0 cm³/mol. The van der Waals surface area contributed by atoms with Crippen molar-refractivity contribution in [2.45, 2.75) is 0 Å². The minimum Gasteiger partial charge on any atom is -0.134 e. The fourth-order valence-electron chi connectivity index (χ4n) is 1.75. The summed E-state index contributed by atoms with van der Waals surface area (Å²) in [7, 11) is 0. The lowest BCUT2D eigenvalue weighted by Gasteiger charge is -1.95. The van der Waals surface area contributed by atoms with Crippen LogP contribution in [-0.4, -0.2) is 0 Å². The standard InChI is InChI=1S/C12H6BrClS/c13-7-5-9-8-3-1-2-4-11(8)15-12(9)10(14)6-7/h1-6H. The van der Waals surface area contributed by atoms with E-state index in [1.54, 1.807) is 11.3 Å². The van der Waals surface area contributed by atoms with E-state index in [0.29, 0.717) is 0 Å². The summed E-state index contributed by atoms with van der Waals surface area (Å²) in [5.74, 6) is 0. The Bertz CT molecular complexity index is 657. The van der Waals surface area contributed by atoms with Crippen molar-refractivity contribution in [3.8, 4) is 0 Å². The van der Waals surface area contributed by atoms with Crippen molar-refractivity contribution in [2.24, 2.45) is 0 Å². The molecule has 0 aliphatic heterocycles. The van der Waals surface area contributed by atoms with Crippen LogP contribution in [0.3, 0.4) is 0 Å². The molecule has 0 saturated carbocycles. The quantitative estimate of drug-likeness (QED) is 0.516. The summed E-state index contributed by atoms with van der Waals surface area (Å²) in [4.78, 5) is 0. The molecule has 3 heteroatoms. The summed E-state index contributed by atoms with van der Waals surface area (Å²) in [5.41, 5.74) is 0. The van der Waals surface area contributed by atoms with Crippen LogP contribution in [-0.2, 0) is 0 Å². The zero-order valence-electron chi connectivity index (χ0n) is 7.63. The van der Waals surface area contributed by atoms with E-state index in [0.717, 1.165) is 9.50 Å². The molecule has 0 nitrogen and oxygen atoms in total. The summed E-state index contributed by atoms with van der Waals surface area (Å²) in [6, 6.07) is 12.4. The lowest BCUT2D eigenvalue weighted by molar-refractivity contribution is 1.77. The van der Waals surface area contributed by atoms with Crippen LogP contribution in [0.5, 0.6) is 0 Å². The molecule has 0 unspecified atom stereocenters. The smallest absolute Gasteiger partial charge is 0.0595 e. The summed E-state index contributed by atoms with van der Waals surface area (Å²) in [6.45, 7) is 0. The zero-order chi connectivity index (χ0) is 10.4. The van der Waals surface area contributed by atoms with E-state index in [1.165, 1.54) is 20.2 Å². The first-order chi connectivity index (χ1) is 7.25. The predicted octanol–water partition coefficient (Wildman–Crippen LogP) is 5.47. The number of hydrogen-bond donors (Lipinski definition) is 0. The topological polar surface area (TPSA) is 0 Å². The lowest BCUT2D eigenvalue weighted by Crippen LogP contribution is -1.69. The molecule has 2 aromatic carbocycles. The highest BCUT2D eigenvalue weighted by Gasteiger charge is 2.08. The number of hydrogen-bond acceptors (Lipinski definition) is 1. The lowest BCUT2D eigenvalue weighted by atomic mass is 10.1. The number of fused-ring (bicyclic) bond motifs is 3. The maximum atomic E-state index is 6.21. The normalized spacial score (nSPS) is 11.3. The van der Waals surface area contributed by atoms with Gasteiger partial charge in [-0.2, -0.15) is 0 Å². The van der Waals surface area contributed by atoms with Crippen molar-refractivity contribution in [1.82, 2.24) is 0 Å². The van der Waals surface area contributed by atoms with Gasteiger partial charge in [-0.1, -0.05) is 45.7 Å². The van der Waals surface area contributed by atoms with Crippen molar-refractivity contribution in [1.29, 1.82) is 0 Å². The molecule has 1 aromatic heterocycles. The van der Waals surface area contributed by atoms with Gasteiger partial charge in [-0.3, -0.25) is 0 Å². The molecule has 0 radical (unpaired) electrons. The van der Waals surface area contributed by atoms with Gasteiger partial charge in [0.2, 0.25) is 0 Å². The third-order valence-corrected chi connectivity index (χ3v) is 4.49. The summed E-state index contributed by atoms with van der Waals surface area (Å²) in [5, 5.41) is 3.33. The molecule has 0 N–H and O–H groups in total. The molecule has 3 aromatic rings. The summed E-state index contributed by atoms with van der Waals surface area (Å²) in [6.07, 6.45) is 0. The molecule has 74 valence electrons. The van der Waals surface area contributed by atoms with Gasteiger partial charge < -0.3 is 0 Å². The van der Waals surface area contributed by atoms with Crippen LogP contribution in [0.15, 0.2) is 40.9 Å². The Morgan fingerprint density at radius 2 is 1.87 bits per heavy atom. The number of rotatable bonds is 0. The van der Waals surface area contributed by atoms with Gasteiger partial charge in [-0.05, 0) is 18.2 Å². The molecule has 0 atom stereocenters. The van der Waals surface area contributed by atoms with Gasteiger partial charge in [0.25, 0.3) is 0 Å². The molecule has 0 amide bonds. The largest absolute Gasteiger partial charge is 0.134 e. The minimum absolute atomic E-state index is 0.820. The van der Waals surface area contributed by atoms with Crippen LogP contribution in [0.1, 0.15) is 0 Å². The third-order valence-electron chi connectivity index (χ3n) is 2.40. The van der Waals surface area contributed by atoms with E-state index in [1.807, 2.05) is 6.07 Å². The van der Waals surface area contributed by atoms with Crippen molar-refractivity contribution < 1.29 is 0 Å². The Hall–Kier alpha value is -0.570. The molecule has 15 heavy (non-hydrogen) atoms. The van der Waals surface area contributed by atoms with Gasteiger partial charge in [-0.25, -0.2) is 0 Å². The molecule has 0 bridgehead atoms. The summed E-state index contributed by atoms with van der Waals surface area (Å²) < 4.78 is 3.48. The van der Waals surface area contributed by atoms with Crippen LogP contribution < -0.4 is 0 Å². The Labute approximate surface area is 105 Å². The van der Waals surface area contributed by atoms with E-state index >= 15 is 0 Å². The molecule has 0 saturated heterocycles. The Morgan fingerprint density at radius 1 is 1.07 bits per heavy atom. The highest BCUT2D eigenvalue weighted by atomic mass is 79.9. The van der Waals surface area contributed by atoms with Gasteiger partial charge in [0.05, 0.1) is 9.72 Å². The van der Waals surface area contributed by atoms with Crippen molar-refractivity contribution in [3.05, 3.63) is 45.9 Å². The van der Waals surface area contributed by atoms with Crippen LogP contribution in [0.25, 0.3) is 20.2 Å². The fourth-order valence-corrected chi connectivity index (χ4v) is 3.77. The second kappa shape index (κ2) is 3.48. The average molecular weight is 298 g/mol. The van der Waals surface area contributed by atoms with Gasteiger partial charge in [-0.15, -0.1) is 11.3 Å². The molecule has 3 rings (SSSR count). The van der Waals surface area contributed by atoms with E-state index in [9.17, 15) is 0 Å². The first-order valence-electron chi connectivity index (χ1n) is 4.52. The molecular weight excluding hydrogens is 292 g/mol. The van der Waals surface area contributed by atoms with E-state index in [2.05, 4.69) is 46.3 Å². The maximum Gasteiger partial charge on any atom is 0.0595 e. The van der Waals surface area contributed by atoms with Gasteiger partial charge >= 0.3 is 0 Å². The highest BCUT2D eigenvalue weighted by Crippen LogP contribution is 2.39. The van der Waals surface area contributed by atoms with Crippen molar-refractivity contribution in [2.75, 3.05) is 0 Å². The van der Waals surface area contributed by atoms with Crippen LogP contribution in [0.4, 0.5) is 0 Å². The van der Waals surface area contributed by atoms with Crippen molar-refractivity contribution in [3.63, 3.8) is 0 Å². The molecular formula is C12H6BrClS. The Morgan fingerprint density at radius 3 is 2.73 bits per heavy atom. The second-order valence-electron chi connectivity index (χ2n) is 3.36. The van der Waals surface area contributed by atoms with Crippen LogP contribution in [0.2, 0.25) is 5.02 Å². The molecule has 0 spiro atoms. The number of halogens is 2. The second-order valence-corrected chi connectivity index (χ2v) is 5.74. The van der Waals surface area contributed by atoms with Gasteiger partial charge in [0.15, 0.2) is 0 Å². The third kappa shape index (κ3) is 1.48. The summed E-state index contributed by atoms with van der Waals surface area (Å²) >= 11 is 11.4. The molecule has 0 aliphatic rings. The first kappa shape index (κ1) is 9.64.